The highest BCUT2D eigenvalue weighted by Crippen LogP contribution is 2.39. The molecule has 1 heterocycles. The zero-order valence-electron chi connectivity index (χ0n) is 13.7. The summed E-state index contributed by atoms with van der Waals surface area (Å²) in [6.45, 7) is 2.48. The van der Waals surface area contributed by atoms with Gasteiger partial charge in [0.15, 0.2) is 0 Å². The molecule has 1 N–H and O–H groups in total. The van der Waals surface area contributed by atoms with E-state index in [0.29, 0.717) is 0 Å². The molecule has 1 aliphatic heterocycles. The van der Waals surface area contributed by atoms with Crippen molar-refractivity contribution in [3.63, 3.8) is 0 Å². The normalized spacial score (nSPS) is 34.1. The average molecular weight is 344 g/mol. The number of piperidine rings is 1. The van der Waals surface area contributed by atoms with E-state index in [0.717, 1.165) is 23.9 Å². The van der Waals surface area contributed by atoms with Gasteiger partial charge in [0.2, 0.25) is 0 Å². The van der Waals surface area contributed by atoms with Gasteiger partial charge >= 0.3 is 0 Å². The van der Waals surface area contributed by atoms with Crippen molar-refractivity contribution in [2.75, 3.05) is 7.05 Å². The predicted molar refractivity (Wildman–Crippen MR) is 75.6 cm³/mol. The SMILES string of the molecule is CC1C2CCCCC2CC(c2ccccc2)[NH+]1C.[O-][Cl+3]([O-])([O-])[O-]. The molecule has 0 bridgehead atoms. The molecule has 5 atom stereocenters. The van der Waals surface area contributed by atoms with E-state index >= 15 is 0 Å². The first-order valence-electron chi connectivity index (χ1n) is 8.27. The second-order valence-corrected chi connectivity index (χ2v) is 7.57. The lowest BCUT2D eigenvalue weighted by molar-refractivity contribution is -2.00. The van der Waals surface area contributed by atoms with Crippen LogP contribution >= 0.6 is 0 Å². The van der Waals surface area contributed by atoms with Crippen LogP contribution in [0.25, 0.3) is 0 Å². The molecule has 0 aromatic heterocycles. The Hall–Kier alpha value is -0.690. The average Bonchev–Trinajstić information content (AvgIpc) is 2.50. The van der Waals surface area contributed by atoms with Gasteiger partial charge in [-0.05, 0) is 25.7 Å². The molecule has 3 rings (SSSR count). The number of hydrogen-bond acceptors (Lipinski definition) is 4. The number of likely N-dealkylation sites (tertiary alicyclic amines) is 1. The molecule has 6 heteroatoms. The fourth-order valence-electron chi connectivity index (χ4n) is 4.42. The predicted octanol–water partition coefficient (Wildman–Crippen LogP) is -1.91. The summed E-state index contributed by atoms with van der Waals surface area (Å²) in [7, 11) is -2.53. The Labute approximate surface area is 140 Å². The number of benzene rings is 1. The minimum atomic E-state index is -4.94. The summed E-state index contributed by atoms with van der Waals surface area (Å²) >= 11 is 0. The van der Waals surface area contributed by atoms with Crippen molar-refractivity contribution >= 4 is 0 Å². The second kappa shape index (κ2) is 7.92. The van der Waals surface area contributed by atoms with Crippen molar-refractivity contribution in [1.82, 2.24) is 0 Å². The summed E-state index contributed by atoms with van der Waals surface area (Å²) in [6, 6.07) is 12.7. The van der Waals surface area contributed by atoms with Crippen molar-refractivity contribution in [3.8, 4) is 0 Å². The van der Waals surface area contributed by atoms with Gasteiger partial charge in [-0.25, -0.2) is 18.6 Å². The number of fused-ring (bicyclic) bond motifs is 1. The first-order chi connectivity index (χ1) is 10.8. The first kappa shape index (κ1) is 18.6. The van der Waals surface area contributed by atoms with Gasteiger partial charge in [-0.2, -0.15) is 0 Å². The van der Waals surface area contributed by atoms with Gasteiger partial charge in [0.25, 0.3) is 0 Å². The van der Waals surface area contributed by atoms with Crippen LogP contribution in [0.3, 0.4) is 0 Å². The van der Waals surface area contributed by atoms with Crippen LogP contribution in [0.15, 0.2) is 30.3 Å². The molecular formula is C17H26ClNO4. The van der Waals surface area contributed by atoms with E-state index in [1.54, 1.807) is 10.5 Å². The van der Waals surface area contributed by atoms with Crippen LogP contribution in [-0.2, 0) is 0 Å². The molecule has 1 aromatic carbocycles. The Balaban J connectivity index is 0.000000338. The summed E-state index contributed by atoms with van der Waals surface area (Å²) in [5.41, 5.74) is 1.55. The molecule has 5 nitrogen and oxygen atoms in total. The van der Waals surface area contributed by atoms with E-state index < -0.39 is 10.2 Å². The standard InChI is InChI=1S/C17H25N.ClHO4/c1-13-16-11-7-6-10-15(16)12-17(18(13)2)14-8-4-3-5-9-14;2-1(3,4)5/h3-5,8-9,13,15-17H,6-7,10-12H2,1-2H3;(H,2,3,4,5). The van der Waals surface area contributed by atoms with Crippen molar-refractivity contribution in [2.24, 2.45) is 11.8 Å². The lowest BCUT2D eigenvalue weighted by Gasteiger charge is -2.46. The highest BCUT2D eigenvalue weighted by atomic mass is 35.7. The van der Waals surface area contributed by atoms with Crippen LogP contribution in [0.5, 0.6) is 0 Å². The number of nitrogens with one attached hydrogen (secondary N) is 1. The highest BCUT2D eigenvalue weighted by molar-refractivity contribution is 5.17. The third-order valence-corrected chi connectivity index (χ3v) is 5.62. The fourth-order valence-corrected chi connectivity index (χ4v) is 4.42. The van der Waals surface area contributed by atoms with Crippen molar-refractivity contribution in [2.45, 2.75) is 51.1 Å². The van der Waals surface area contributed by atoms with E-state index in [9.17, 15) is 0 Å². The molecule has 5 unspecified atom stereocenters. The van der Waals surface area contributed by atoms with E-state index in [4.69, 9.17) is 18.6 Å². The van der Waals surface area contributed by atoms with Gasteiger partial charge in [-0.1, -0.05) is 43.2 Å². The molecule has 1 saturated heterocycles. The maximum atomic E-state index is 8.49. The molecule has 0 spiro atoms. The van der Waals surface area contributed by atoms with Crippen LogP contribution in [0.1, 0.15) is 50.6 Å². The third-order valence-electron chi connectivity index (χ3n) is 5.62. The lowest BCUT2D eigenvalue weighted by atomic mass is 9.68. The Morgan fingerprint density at radius 3 is 2.17 bits per heavy atom. The van der Waals surface area contributed by atoms with Crippen molar-refractivity contribution in [3.05, 3.63) is 35.9 Å². The minimum Gasteiger partial charge on any atom is -0.329 e. The first-order valence-corrected chi connectivity index (χ1v) is 9.51. The number of halogens is 1. The van der Waals surface area contributed by atoms with E-state index in [1.807, 2.05) is 0 Å². The summed E-state index contributed by atoms with van der Waals surface area (Å²) in [5, 5.41) is 0. The molecule has 1 aromatic rings. The molecule has 1 aliphatic carbocycles. The zero-order valence-corrected chi connectivity index (χ0v) is 14.5. The quantitative estimate of drug-likeness (QED) is 0.643. The molecule has 2 aliphatic rings. The summed E-state index contributed by atoms with van der Waals surface area (Å²) in [5.74, 6) is 1.97. The van der Waals surface area contributed by atoms with Crippen LogP contribution < -0.4 is 23.5 Å². The van der Waals surface area contributed by atoms with Crippen LogP contribution in [0.4, 0.5) is 0 Å². The monoisotopic (exact) mass is 343 g/mol. The van der Waals surface area contributed by atoms with Crippen LogP contribution in [0.2, 0.25) is 0 Å². The Morgan fingerprint density at radius 2 is 1.57 bits per heavy atom. The fraction of sp³-hybridized carbons (Fsp3) is 0.647. The van der Waals surface area contributed by atoms with Crippen molar-refractivity contribution < 1.29 is 33.8 Å². The van der Waals surface area contributed by atoms with Gasteiger partial charge in [0.1, 0.15) is 6.04 Å². The van der Waals surface area contributed by atoms with E-state index in [2.05, 4.69) is 44.3 Å². The zero-order chi connectivity index (χ0) is 17.0. The molecule has 2 fully saturated rings. The third kappa shape index (κ3) is 5.41. The van der Waals surface area contributed by atoms with Gasteiger partial charge in [0.05, 0.1) is 13.1 Å². The molecule has 0 radical (unpaired) electrons. The Bertz CT molecular complexity index is 471. The van der Waals surface area contributed by atoms with Crippen LogP contribution in [0, 0.1) is 22.1 Å². The Kier molecular flexibility index (Phi) is 6.42. The number of quaternary nitrogens is 1. The molecule has 0 amide bonds. The number of hydrogen-bond donors (Lipinski definition) is 1. The summed E-state index contributed by atoms with van der Waals surface area (Å²) in [6.07, 6.45) is 7.30. The minimum absolute atomic E-state index is 0.723. The molecular weight excluding hydrogens is 318 g/mol. The molecule has 1 saturated carbocycles. The van der Waals surface area contributed by atoms with Crippen molar-refractivity contribution in [1.29, 1.82) is 0 Å². The van der Waals surface area contributed by atoms with Gasteiger partial charge < -0.3 is 4.90 Å². The molecule has 130 valence electrons. The lowest BCUT2D eigenvalue weighted by Crippen LogP contribution is -3.15. The smallest absolute Gasteiger partial charge is 0.113 e. The van der Waals surface area contributed by atoms with Gasteiger partial charge in [0, 0.05) is 17.9 Å². The molecule has 23 heavy (non-hydrogen) atoms. The van der Waals surface area contributed by atoms with Gasteiger partial charge in [-0.3, -0.25) is 0 Å². The van der Waals surface area contributed by atoms with E-state index in [1.165, 1.54) is 32.1 Å². The largest absolute Gasteiger partial charge is 0.329 e. The second-order valence-electron chi connectivity index (χ2n) is 6.82. The number of rotatable bonds is 1. The maximum Gasteiger partial charge on any atom is 0.113 e. The topological polar surface area (TPSA) is 96.7 Å². The van der Waals surface area contributed by atoms with Gasteiger partial charge in [-0.15, -0.1) is 10.2 Å². The maximum absolute atomic E-state index is 8.49. The van der Waals surface area contributed by atoms with E-state index in [-0.39, 0.29) is 0 Å². The van der Waals surface area contributed by atoms with Crippen LogP contribution in [-0.4, -0.2) is 13.1 Å². The Morgan fingerprint density at radius 1 is 1.00 bits per heavy atom. The summed E-state index contributed by atoms with van der Waals surface area (Å²) < 4.78 is 34.0. The summed E-state index contributed by atoms with van der Waals surface area (Å²) in [4.78, 5) is 1.74. The highest BCUT2D eigenvalue weighted by Gasteiger charge is 2.43.